The Hall–Kier alpha value is -2.47. The van der Waals surface area contributed by atoms with E-state index in [0.717, 1.165) is 42.3 Å². The molecule has 3 aromatic rings. The van der Waals surface area contributed by atoms with Crippen molar-refractivity contribution in [3.05, 3.63) is 58.8 Å². The molecule has 122 valence electrons. The summed E-state index contributed by atoms with van der Waals surface area (Å²) >= 11 is 1.56. The largest absolute Gasteiger partial charge is 0.338 e. The first-order valence-electron chi connectivity index (χ1n) is 7.96. The summed E-state index contributed by atoms with van der Waals surface area (Å²) in [5.74, 6) is 1.56. The number of carbonyl (C=O) groups is 1. The highest BCUT2D eigenvalue weighted by Crippen LogP contribution is 2.25. The van der Waals surface area contributed by atoms with Crippen molar-refractivity contribution in [3.63, 3.8) is 0 Å². The summed E-state index contributed by atoms with van der Waals surface area (Å²) in [6.45, 7) is 4.56. The molecule has 1 aliphatic rings. The summed E-state index contributed by atoms with van der Waals surface area (Å²) in [5.41, 5.74) is 2.96. The smallest absolute Gasteiger partial charge is 0.254 e. The van der Waals surface area contributed by atoms with Crippen molar-refractivity contribution in [2.75, 3.05) is 13.1 Å². The molecule has 0 saturated carbocycles. The number of rotatable bonds is 4. The number of pyridine rings is 1. The maximum absolute atomic E-state index is 12.3. The Bertz CT molecular complexity index is 835. The van der Waals surface area contributed by atoms with Crippen LogP contribution < -0.4 is 0 Å². The third kappa shape index (κ3) is 2.73. The summed E-state index contributed by atoms with van der Waals surface area (Å²) in [6.07, 6.45) is 5.50. The summed E-state index contributed by atoms with van der Waals surface area (Å²) in [6, 6.07) is 5.84. The first-order valence-corrected chi connectivity index (χ1v) is 8.90. The Morgan fingerprint density at radius 1 is 1.33 bits per heavy atom. The first kappa shape index (κ1) is 15.1. The molecule has 0 unspecified atom stereocenters. The standard InChI is InChI=1S/C18H18N4OS/c1-13-7-20-17(15-3-2-5-19-8-15)22(13)11-14-9-21(10-14)18(23)16-4-6-24-12-16/h2-8,12,14H,9-11H2,1H3. The molecule has 6 heteroatoms. The molecule has 1 aliphatic heterocycles. The molecule has 0 spiro atoms. The number of amides is 1. The molecule has 0 aromatic carbocycles. The summed E-state index contributed by atoms with van der Waals surface area (Å²) in [7, 11) is 0. The van der Waals surface area contributed by atoms with Crippen LogP contribution in [-0.2, 0) is 6.54 Å². The fourth-order valence-electron chi connectivity index (χ4n) is 3.09. The fourth-order valence-corrected chi connectivity index (χ4v) is 3.72. The number of imidazole rings is 1. The normalized spacial score (nSPS) is 14.6. The first-order chi connectivity index (χ1) is 11.7. The molecule has 4 heterocycles. The van der Waals surface area contributed by atoms with Gasteiger partial charge in [-0.15, -0.1) is 0 Å². The van der Waals surface area contributed by atoms with Gasteiger partial charge in [-0.2, -0.15) is 11.3 Å². The Labute approximate surface area is 144 Å². The number of likely N-dealkylation sites (tertiary alicyclic amines) is 1. The SMILES string of the molecule is Cc1cnc(-c2cccnc2)n1CC1CN(C(=O)c2ccsc2)C1. The van der Waals surface area contributed by atoms with E-state index in [-0.39, 0.29) is 5.91 Å². The van der Waals surface area contributed by atoms with Crippen molar-refractivity contribution in [3.8, 4) is 11.4 Å². The van der Waals surface area contributed by atoms with E-state index in [0.29, 0.717) is 5.92 Å². The molecule has 0 radical (unpaired) electrons. The van der Waals surface area contributed by atoms with Crippen molar-refractivity contribution >= 4 is 17.2 Å². The third-order valence-electron chi connectivity index (χ3n) is 4.43. The second kappa shape index (κ2) is 6.20. The zero-order valence-corrected chi connectivity index (χ0v) is 14.2. The van der Waals surface area contributed by atoms with Crippen LogP contribution in [0.15, 0.2) is 47.5 Å². The number of hydrogen-bond acceptors (Lipinski definition) is 4. The average Bonchev–Trinajstić information content (AvgIpc) is 3.21. The molecule has 3 aromatic heterocycles. The molecule has 5 nitrogen and oxygen atoms in total. The van der Waals surface area contributed by atoms with E-state index in [1.807, 2.05) is 46.3 Å². The van der Waals surface area contributed by atoms with Crippen LogP contribution in [-0.4, -0.2) is 38.4 Å². The van der Waals surface area contributed by atoms with Crippen LogP contribution >= 0.6 is 11.3 Å². The second-order valence-electron chi connectivity index (χ2n) is 6.16. The molecule has 0 N–H and O–H groups in total. The van der Waals surface area contributed by atoms with Crippen LogP contribution in [0.2, 0.25) is 0 Å². The minimum atomic E-state index is 0.141. The molecule has 0 atom stereocenters. The second-order valence-corrected chi connectivity index (χ2v) is 6.94. The highest BCUT2D eigenvalue weighted by Gasteiger charge is 2.32. The third-order valence-corrected chi connectivity index (χ3v) is 5.11. The van der Waals surface area contributed by atoms with E-state index in [4.69, 9.17) is 0 Å². The van der Waals surface area contributed by atoms with Crippen LogP contribution in [0.1, 0.15) is 16.1 Å². The molecule has 0 bridgehead atoms. The Morgan fingerprint density at radius 2 is 2.21 bits per heavy atom. The van der Waals surface area contributed by atoms with Crippen LogP contribution in [0, 0.1) is 12.8 Å². The van der Waals surface area contributed by atoms with Crippen LogP contribution in [0.4, 0.5) is 0 Å². The summed E-state index contributed by atoms with van der Waals surface area (Å²) in [5, 5.41) is 3.86. The topological polar surface area (TPSA) is 51.0 Å². The lowest BCUT2D eigenvalue weighted by atomic mass is 9.99. The monoisotopic (exact) mass is 338 g/mol. The molecule has 1 fully saturated rings. The molecule has 1 saturated heterocycles. The van der Waals surface area contributed by atoms with Gasteiger partial charge in [-0.05, 0) is 30.5 Å². The lowest BCUT2D eigenvalue weighted by Crippen LogP contribution is -2.51. The molecular formula is C18H18N4OS. The minimum Gasteiger partial charge on any atom is -0.338 e. The zero-order valence-electron chi connectivity index (χ0n) is 13.4. The zero-order chi connectivity index (χ0) is 16.5. The van der Waals surface area contributed by atoms with E-state index in [9.17, 15) is 4.79 Å². The van der Waals surface area contributed by atoms with Crippen LogP contribution in [0.5, 0.6) is 0 Å². The van der Waals surface area contributed by atoms with E-state index in [1.165, 1.54) is 0 Å². The van der Waals surface area contributed by atoms with Gasteiger partial charge >= 0.3 is 0 Å². The highest BCUT2D eigenvalue weighted by atomic mass is 32.1. The van der Waals surface area contributed by atoms with Crippen LogP contribution in [0.25, 0.3) is 11.4 Å². The van der Waals surface area contributed by atoms with Crippen molar-refractivity contribution in [2.24, 2.45) is 5.92 Å². The predicted molar refractivity (Wildman–Crippen MR) is 93.9 cm³/mol. The maximum atomic E-state index is 12.3. The highest BCUT2D eigenvalue weighted by molar-refractivity contribution is 7.08. The maximum Gasteiger partial charge on any atom is 0.254 e. The lowest BCUT2D eigenvalue weighted by molar-refractivity contribution is 0.0469. The molecule has 4 rings (SSSR count). The Kier molecular flexibility index (Phi) is 3.90. The number of aryl methyl sites for hydroxylation is 1. The van der Waals surface area contributed by atoms with Crippen LogP contribution in [0.3, 0.4) is 0 Å². The van der Waals surface area contributed by atoms with Gasteiger partial charge in [0.1, 0.15) is 5.82 Å². The Balaban J connectivity index is 1.45. The van der Waals surface area contributed by atoms with Gasteiger partial charge in [-0.3, -0.25) is 9.78 Å². The van der Waals surface area contributed by atoms with Crippen molar-refractivity contribution in [1.29, 1.82) is 0 Å². The quantitative estimate of drug-likeness (QED) is 0.734. The van der Waals surface area contributed by atoms with Gasteiger partial charge in [0.15, 0.2) is 0 Å². The molecule has 0 aliphatic carbocycles. The summed E-state index contributed by atoms with van der Waals surface area (Å²) in [4.78, 5) is 22.9. The predicted octanol–water partition coefficient (Wildman–Crippen LogP) is 3.09. The van der Waals surface area contributed by atoms with E-state index >= 15 is 0 Å². The number of carbonyl (C=O) groups excluding carboxylic acids is 1. The molecular weight excluding hydrogens is 320 g/mol. The van der Waals surface area contributed by atoms with Gasteiger partial charge in [0, 0.05) is 60.8 Å². The lowest BCUT2D eigenvalue weighted by Gasteiger charge is -2.39. The van der Waals surface area contributed by atoms with Gasteiger partial charge in [-0.25, -0.2) is 4.98 Å². The van der Waals surface area contributed by atoms with E-state index in [1.54, 1.807) is 17.5 Å². The van der Waals surface area contributed by atoms with Gasteiger partial charge in [0.05, 0.1) is 5.56 Å². The van der Waals surface area contributed by atoms with E-state index < -0.39 is 0 Å². The van der Waals surface area contributed by atoms with Crippen molar-refractivity contribution in [1.82, 2.24) is 19.4 Å². The molecule has 1 amide bonds. The number of hydrogen-bond donors (Lipinski definition) is 0. The summed E-state index contributed by atoms with van der Waals surface area (Å²) < 4.78 is 2.23. The minimum absolute atomic E-state index is 0.141. The van der Waals surface area contributed by atoms with Gasteiger partial charge < -0.3 is 9.47 Å². The van der Waals surface area contributed by atoms with E-state index in [2.05, 4.69) is 21.5 Å². The van der Waals surface area contributed by atoms with Crippen molar-refractivity contribution < 1.29 is 4.79 Å². The van der Waals surface area contributed by atoms with Gasteiger partial charge in [-0.1, -0.05) is 0 Å². The number of nitrogens with zero attached hydrogens (tertiary/aromatic N) is 4. The Morgan fingerprint density at radius 3 is 2.92 bits per heavy atom. The van der Waals surface area contributed by atoms with Gasteiger partial charge in [0.25, 0.3) is 5.91 Å². The van der Waals surface area contributed by atoms with Gasteiger partial charge in [0.2, 0.25) is 0 Å². The molecule has 24 heavy (non-hydrogen) atoms. The fraction of sp³-hybridized carbons (Fsp3) is 0.278. The van der Waals surface area contributed by atoms with Crippen molar-refractivity contribution in [2.45, 2.75) is 13.5 Å². The number of aromatic nitrogens is 3. The average molecular weight is 338 g/mol. The number of thiophene rings is 1.